The molecule has 0 radical (unpaired) electrons. The van der Waals surface area contributed by atoms with Gasteiger partial charge in [0.15, 0.2) is 11.2 Å². The first-order valence-electron chi connectivity index (χ1n) is 9.63. The van der Waals surface area contributed by atoms with Gasteiger partial charge in [0, 0.05) is 32.4 Å². The first-order chi connectivity index (χ1) is 13.5. The molecule has 0 saturated carbocycles. The molecule has 0 fully saturated rings. The average Bonchev–Trinajstić information content (AvgIpc) is 3.08. The Kier molecular flexibility index (Phi) is 4.80. The lowest BCUT2D eigenvalue weighted by Crippen LogP contribution is -2.41. The number of benzene rings is 1. The van der Waals surface area contributed by atoms with Crippen molar-refractivity contribution in [3.05, 3.63) is 51.2 Å². The molecule has 8 heteroatoms. The highest BCUT2D eigenvalue weighted by Crippen LogP contribution is 2.32. The molecule has 8 nitrogen and oxygen atoms in total. The number of imidazole rings is 1. The number of nitrogens with zero attached hydrogens (tertiary/aromatic N) is 5. The van der Waals surface area contributed by atoms with Crippen molar-refractivity contribution in [1.29, 1.82) is 0 Å². The largest absolute Gasteiger partial charge is 0.380 e. The van der Waals surface area contributed by atoms with Gasteiger partial charge in [-0.3, -0.25) is 13.9 Å². The molecule has 0 bridgehead atoms. The summed E-state index contributed by atoms with van der Waals surface area (Å²) in [6.45, 7) is 6.63. The van der Waals surface area contributed by atoms with Crippen LogP contribution in [0.25, 0.3) is 11.2 Å². The maximum atomic E-state index is 13.2. The Morgan fingerprint density at radius 1 is 1.18 bits per heavy atom. The molecular weight excluding hydrogens is 358 g/mol. The fourth-order valence-corrected chi connectivity index (χ4v) is 3.83. The quantitative estimate of drug-likeness (QED) is 0.627. The van der Waals surface area contributed by atoms with Gasteiger partial charge in [0.1, 0.15) is 0 Å². The lowest BCUT2D eigenvalue weighted by Gasteiger charge is -2.32. The van der Waals surface area contributed by atoms with Crippen molar-refractivity contribution in [2.24, 2.45) is 13.0 Å². The minimum atomic E-state index is -0.369. The molecule has 0 spiro atoms. The number of aromatic nitrogens is 4. The van der Waals surface area contributed by atoms with Crippen molar-refractivity contribution in [3.8, 4) is 0 Å². The monoisotopic (exact) mass is 383 g/mol. The fraction of sp³-hybridized carbons (Fsp3) is 0.450. The number of fused-ring (bicyclic) bond motifs is 3. The molecule has 3 aromatic rings. The second-order valence-electron chi connectivity index (χ2n) is 7.24. The van der Waals surface area contributed by atoms with Crippen LogP contribution >= 0.6 is 0 Å². The van der Waals surface area contributed by atoms with Gasteiger partial charge in [-0.15, -0.1) is 0 Å². The van der Waals surface area contributed by atoms with Gasteiger partial charge in [-0.2, -0.15) is 4.98 Å². The molecule has 1 aliphatic rings. The van der Waals surface area contributed by atoms with E-state index < -0.39 is 0 Å². The lowest BCUT2D eigenvalue weighted by atomic mass is 10.1. The number of para-hydroxylation sites is 1. The van der Waals surface area contributed by atoms with Gasteiger partial charge in [0.05, 0.1) is 13.2 Å². The molecule has 0 unspecified atom stereocenters. The van der Waals surface area contributed by atoms with Gasteiger partial charge in [0.25, 0.3) is 5.56 Å². The summed E-state index contributed by atoms with van der Waals surface area (Å²) in [5.74, 6) is 1.03. The summed E-state index contributed by atoms with van der Waals surface area (Å²) in [4.78, 5) is 32.8. The molecule has 1 aromatic carbocycles. The summed E-state index contributed by atoms with van der Waals surface area (Å²) in [6.07, 6.45) is 0. The van der Waals surface area contributed by atoms with Gasteiger partial charge in [-0.05, 0) is 25.0 Å². The first kappa shape index (κ1) is 18.5. The van der Waals surface area contributed by atoms with Crippen molar-refractivity contribution in [2.75, 3.05) is 24.7 Å². The highest BCUT2D eigenvalue weighted by molar-refractivity contribution is 5.77. The first-order valence-corrected chi connectivity index (χ1v) is 9.63. The van der Waals surface area contributed by atoms with E-state index in [2.05, 4.69) is 11.8 Å². The van der Waals surface area contributed by atoms with Crippen LogP contribution in [0.2, 0.25) is 0 Å². The minimum absolute atomic E-state index is 0.230. The number of aryl methyl sites for hydroxylation is 1. The van der Waals surface area contributed by atoms with E-state index >= 15 is 0 Å². The topological polar surface area (TPSA) is 74.3 Å². The third kappa shape index (κ3) is 2.93. The van der Waals surface area contributed by atoms with Crippen LogP contribution in [0.5, 0.6) is 0 Å². The Morgan fingerprint density at radius 2 is 1.93 bits per heavy atom. The van der Waals surface area contributed by atoms with E-state index in [1.165, 1.54) is 9.13 Å². The summed E-state index contributed by atoms with van der Waals surface area (Å²) < 4.78 is 10.0. The van der Waals surface area contributed by atoms with E-state index in [9.17, 15) is 9.59 Å². The van der Waals surface area contributed by atoms with Crippen molar-refractivity contribution >= 4 is 22.8 Å². The molecule has 0 aliphatic carbocycles. The standard InChI is InChI=1S/C20H25N5O3/c1-4-28-11-10-23-18(26)16-17(22(3)20(23)27)21-19-24(12-14(2)13-25(16)19)15-8-6-5-7-9-15/h5-9,14H,4,10-13H2,1-3H3/t14-/m1/s1. The van der Waals surface area contributed by atoms with Crippen LogP contribution in [-0.2, 0) is 24.9 Å². The van der Waals surface area contributed by atoms with E-state index in [1.54, 1.807) is 7.05 Å². The number of hydrogen-bond donors (Lipinski definition) is 0. The van der Waals surface area contributed by atoms with Crippen molar-refractivity contribution in [1.82, 2.24) is 18.7 Å². The van der Waals surface area contributed by atoms with Crippen LogP contribution in [0.3, 0.4) is 0 Å². The van der Waals surface area contributed by atoms with Gasteiger partial charge in [0.2, 0.25) is 5.95 Å². The summed E-state index contributed by atoms with van der Waals surface area (Å²) in [7, 11) is 1.66. The molecule has 1 aliphatic heterocycles. The molecule has 2 aromatic heterocycles. The lowest BCUT2D eigenvalue weighted by molar-refractivity contribution is 0.137. The van der Waals surface area contributed by atoms with Crippen LogP contribution < -0.4 is 16.1 Å². The number of anilines is 2. The second kappa shape index (κ2) is 7.27. The Morgan fingerprint density at radius 3 is 2.64 bits per heavy atom. The molecule has 0 saturated heterocycles. The average molecular weight is 383 g/mol. The minimum Gasteiger partial charge on any atom is -0.380 e. The SMILES string of the molecule is CCOCCn1c(=O)c2c(nc3n2C[C@H](C)CN3c2ccccc2)n(C)c1=O. The molecule has 0 amide bonds. The molecule has 4 rings (SSSR count). The van der Waals surface area contributed by atoms with E-state index in [4.69, 9.17) is 9.72 Å². The van der Waals surface area contributed by atoms with Crippen molar-refractivity contribution < 1.29 is 4.74 Å². The zero-order valence-electron chi connectivity index (χ0n) is 16.5. The molecule has 28 heavy (non-hydrogen) atoms. The van der Waals surface area contributed by atoms with E-state index in [0.29, 0.717) is 42.8 Å². The smallest absolute Gasteiger partial charge is 0.332 e. The van der Waals surface area contributed by atoms with Gasteiger partial charge in [-0.25, -0.2) is 4.79 Å². The zero-order chi connectivity index (χ0) is 19.8. The van der Waals surface area contributed by atoms with Crippen LogP contribution in [0.1, 0.15) is 13.8 Å². The summed E-state index contributed by atoms with van der Waals surface area (Å²) in [6, 6.07) is 10.00. The predicted octanol–water partition coefficient (Wildman–Crippen LogP) is 1.72. The molecule has 3 heterocycles. The van der Waals surface area contributed by atoms with Gasteiger partial charge >= 0.3 is 5.69 Å². The molecule has 148 valence electrons. The molecular formula is C20H25N5O3. The Balaban J connectivity index is 1.93. The number of ether oxygens (including phenoxy) is 1. The predicted molar refractivity (Wildman–Crippen MR) is 108 cm³/mol. The highest BCUT2D eigenvalue weighted by atomic mass is 16.5. The summed E-state index contributed by atoms with van der Waals surface area (Å²) >= 11 is 0. The maximum absolute atomic E-state index is 13.2. The summed E-state index contributed by atoms with van der Waals surface area (Å²) in [5, 5.41) is 0. The Labute approximate surface area is 162 Å². The Bertz CT molecular complexity index is 1110. The highest BCUT2D eigenvalue weighted by Gasteiger charge is 2.29. The van der Waals surface area contributed by atoms with E-state index in [-0.39, 0.29) is 17.8 Å². The third-order valence-electron chi connectivity index (χ3n) is 5.17. The van der Waals surface area contributed by atoms with Gasteiger partial charge in [-0.1, -0.05) is 25.1 Å². The number of hydrogen-bond acceptors (Lipinski definition) is 5. The summed E-state index contributed by atoms with van der Waals surface area (Å²) in [5.41, 5.74) is 1.24. The van der Waals surface area contributed by atoms with Crippen LogP contribution in [0, 0.1) is 5.92 Å². The van der Waals surface area contributed by atoms with Gasteiger partial charge < -0.3 is 14.2 Å². The van der Waals surface area contributed by atoms with E-state index in [0.717, 1.165) is 12.2 Å². The zero-order valence-corrected chi connectivity index (χ0v) is 16.5. The normalized spacial score (nSPS) is 16.5. The third-order valence-corrected chi connectivity index (χ3v) is 5.17. The van der Waals surface area contributed by atoms with Crippen LogP contribution in [-0.4, -0.2) is 38.4 Å². The Hall–Kier alpha value is -2.87. The van der Waals surface area contributed by atoms with E-state index in [1.807, 2.05) is 41.8 Å². The van der Waals surface area contributed by atoms with Crippen LogP contribution in [0.15, 0.2) is 39.9 Å². The fourth-order valence-electron chi connectivity index (χ4n) is 3.83. The van der Waals surface area contributed by atoms with Crippen LogP contribution in [0.4, 0.5) is 11.6 Å². The van der Waals surface area contributed by atoms with Crippen molar-refractivity contribution in [3.63, 3.8) is 0 Å². The molecule has 1 atom stereocenters. The number of rotatable bonds is 5. The molecule has 0 N–H and O–H groups in total. The van der Waals surface area contributed by atoms with Crippen molar-refractivity contribution in [2.45, 2.75) is 26.9 Å². The maximum Gasteiger partial charge on any atom is 0.332 e. The second-order valence-corrected chi connectivity index (χ2v) is 7.24.